The average Bonchev–Trinajstić information content (AvgIpc) is 2.80. The van der Waals surface area contributed by atoms with Crippen molar-refractivity contribution in [2.45, 2.75) is 38.2 Å². The summed E-state index contributed by atoms with van der Waals surface area (Å²) in [6, 6.07) is 10.1. The lowest BCUT2D eigenvalue weighted by Crippen LogP contribution is -2.40. The highest BCUT2D eigenvalue weighted by molar-refractivity contribution is 7.89. The van der Waals surface area contributed by atoms with E-state index in [1.807, 2.05) is 39.0 Å². The zero-order valence-electron chi connectivity index (χ0n) is 18.9. The summed E-state index contributed by atoms with van der Waals surface area (Å²) in [7, 11) is -2.25. The zero-order chi connectivity index (χ0) is 23.3. The van der Waals surface area contributed by atoms with E-state index in [9.17, 15) is 13.2 Å². The third-order valence-corrected chi connectivity index (χ3v) is 7.42. The second kappa shape index (κ2) is 10.3. The molecular formula is C23H30N2O6S. The van der Waals surface area contributed by atoms with Gasteiger partial charge in [0.25, 0.3) is 5.91 Å². The molecule has 0 spiro atoms. The van der Waals surface area contributed by atoms with E-state index >= 15 is 0 Å². The van der Waals surface area contributed by atoms with Crippen LogP contribution in [0.5, 0.6) is 11.5 Å². The number of amides is 1. The standard InChI is InChI=1S/C23H30N2O6S/c1-5-20(31-21-8-6-7-16(2)17(21)3)23(26)24-19-15-18(9-10-22(19)29-4)32(27,28)25-11-13-30-14-12-25/h6-10,15,20H,5,11-14H2,1-4H3,(H,24,26)/t20-/m0/s1. The van der Waals surface area contributed by atoms with Crippen molar-refractivity contribution in [3.63, 3.8) is 0 Å². The fraction of sp³-hybridized carbons (Fsp3) is 0.435. The third-order valence-electron chi connectivity index (χ3n) is 5.52. The highest BCUT2D eigenvalue weighted by Crippen LogP contribution is 2.30. The molecule has 2 aromatic carbocycles. The maximum absolute atomic E-state index is 13.0. The van der Waals surface area contributed by atoms with Gasteiger partial charge in [-0.3, -0.25) is 4.79 Å². The normalized spacial score (nSPS) is 15.8. The van der Waals surface area contributed by atoms with E-state index in [2.05, 4.69) is 5.32 Å². The molecule has 1 N–H and O–H groups in total. The van der Waals surface area contributed by atoms with Crippen LogP contribution in [-0.4, -0.2) is 58.1 Å². The van der Waals surface area contributed by atoms with Crippen LogP contribution in [0, 0.1) is 13.8 Å². The molecule has 8 nitrogen and oxygen atoms in total. The van der Waals surface area contributed by atoms with Crippen molar-refractivity contribution in [3.05, 3.63) is 47.5 Å². The van der Waals surface area contributed by atoms with E-state index in [0.717, 1.165) is 11.1 Å². The van der Waals surface area contributed by atoms with Crippen LogP contribution >= 0.6 is 0 Å². The molecule has 0 aliphatic carbocycles. The SMILES string of the molecule is CC[C@H](Oc1cccc(C)c1C)C(=O)Nc1cc(S(=O)(=O)N2CCOCC2)ccc1OC. The van der Waals surface area contributed by atoms with Gasteiger partial charge in [-0.1, -0.05) is 19.1 Å². The van der Waals surface area contributed by atoms with Crippen molar-refractivity contribution in [1.29, 1.82) is 0 Å². The largest absolute Gasteiger partial charge is 0.495 e. The van der Waals surface area contributed by atoms with Gasteiger partial charge >= 0.3 is 0 Å². The van der Waals surface area contributed by atoms with E-state index in [1.54, 1.807) is 0 Å². The van der Waals surface area contributed by atoms with Crippen LogP contribution in [0.3, 0.4) is 0 Å². The van der Waals surface area contributed by atoms with Gasteiger partial charge in [0.15, 0.2) is 6.10 Å². The van der Waals surface area contributed by atoms with Crippen LogP contribution in [0.4, 0.5) is 5.69 Å². The van der Waals surface area contributed by atoms with E-state index in [1.165, 1.54) is 29.6 Å². The van der Waals surface area contributed by atoms with Gasteiger partial charge in [0.2, 0.25) is 10.0 Å². The lowest BCUT2D eigenvalue weighted by atomic mass is 10.1. The van der Waals surface area contributed by atoms with Crippen molar-refractivity contribution in [3.8, 4) is 11.5 Å². The molecule has 0 unspecified atom stereocenters. The Hall–Kier alpha value is -2.62. The van der Waals surface area contributed by atoms with Crippen molar-refractivity contribution in [2.24, 2.45) is 0 Å². The number of hydrogen-bond donors (Lipinski definition) is 1. The fourth-order valence-electron chi connectivity index (χ4n) is 3.42. The number of anilines is 1. The lowest BCUT2D eigenvalue weighted by molar-refractivity contribution is -0.122. The van der Waals surface area contributed by atoms with E-state index in [-0.39, 0.29) is 29.6 Å². The summed E-state index contributed by atoms with van der Waals surface area (Å²) in [4.78, 5) is 13.1. The molecule has 174 valence electrons. The number of nitrogens with zero attached hydrogens (tertiary/aromatic N) is 1. The molecular weight excluding hydrogens is 432 g/mol. The molecule has 0 bridgehead atoms. The van der Waals surface area contributed by atoms with Gasteiger partial charge in [0, 0.05) is 13.1 Å². The fourth-order valence-corrected chi connectivity index (χ4v) is 4.86. The summed E-state index contributed by atoms with van der Waals surface area (Å²) in [5.74, 6) is 0.621. The molecule has 3 rings (SSSR count). The molecule has 9 heteroatoms. The first kappa shape index (κ1) is 24.0. The maximum Gasteiger partial charge on any atom is 0.265 e. The molecule has 2 aromatic rings. The minimum atomic E-state index is -3.71. The van der Waals surface area contributed by atoms with Gasteiger partial charge in [-0.25, -0.2) is 8.42 Å². The first-order valence-electron chi connectivity index (χ1n) is 10.6. The van der Waals surface area contributed by atoms with Crippen molar-refractivity contribution >= 4 is 21.6 Å². The van der Waals surface area contributed by atoms with Gasteiger partial charge in [-0.15, -0.1) is 0 Å². The molecule has 0 saturated carbocycles. The van der Waals surface area contributed by atoms with Crippen LogP contribution in [0.25, 0.3) is 0 Å². The second-order valence-electron chi connectivity index (χ2n) is 7.58. The number of ether oxygens (including phenoxy) is 3. The second-order valence-corrected chi connectivity index (χ2v) is 9.52. The first-order chi connectivity index (χ1) is 15.3. The molecule has 0 radical (unpaired) electrons. The number of morpholine rings is 1. The number of benzene rings is 2. The first-order valence-corrected chi connectivity index (χ1v) is 12.0. The van der Waals surface area contributed by atoms with Crippen LogP contribution < -0.4 is 14.8 Å². The average molecular weight is 463 g/mol. The quantitative estimate of drug-likeness (QED) is 0.648. The highest BCUT2D eigenvalue weighted by atomic mass is 32.2. The predicted octanol–water partition coefficient (Wildman–Crippen LogP) is 3.13. The van der Waals surface area contributed by atoms with Crippen molar-refractivity contribution in [2.75, 3.05) is 38.7 Å². The molecule has 1 aliphatic heterocycles. The van der Waals surface area contributed by atoms with Crippen molar-refractivity contribution < 1.29 is 27.4 Å². The summed E-state index contributed by atoms with van der Waals surface area (Å²) >= 11 is 0. The number of hydrogen-bond acceptors (Lipinski definition) is 6. The van der Waals surface area contributed by atoms with Gasteiger partial charge in [-0.2, -0.15) is 4.31 Å². The summed E-state index contributed by atoms with van der Waals surface area (Å²) in [5.41, 5.74) is 2.31. The molecule has 1 aliphatic rings. The van der Waals surface area contributed by atoms with Crippen LogP contribution in [0.15, 0.2) is 41.3 Å². The molecule has 1 heterocycles. The number of nitrogens with one attached hydrogen (secondary N) is 1. The number of rotatable bonds is 8. The van der Waals surface area contributed by atoms with Gasteiger partial charge < -0.3 is 19.5 Å². The summed E-state index contributed by atoms with van der Waals surface area (Å²) in [6.07, 6.45) is -0.312. The van der Waals surface area contributed by atoms with E-state index < -0.39 is 16.1 Å². The Morgan fingerprint density at radius 2 is 1.88 bits per heavy atom. The Morgan fingerprint density at radius 3 is 2.53 bits per heavy atom. The Bertz CT molecular complexity index is 1060. The topological polar surface area (TPSA) is 94.2 Å². The summed E-state index contributed by atoms with van der Waals surface area (Å²) in [5, 5.41) is 2.79. The van der Waals surface area contributed by atoms with E-state index in [0.29, 0.717) is 31.1 Å². The Morgan fingerprint density at radius 1 is 1.16 bits per heavy atom. The molecule has 0 aromatic heterocycles. The number of methoxy groups -OCH3 is 1. The van der Waals surface area contributed by atoms with Crippen LogP contribution in [-0.2, 0) is 19.6 Å². The molecule has 32 heavy (non-hydrogen) atoms. The lowest BCUT2D eigenvalue weighted by Gasteiger charge is -2.26. The smallest absolute Gasteiger partial charge is 0.265 e. The Kier molecular flexibility index (Phi) is 7.76. The van der Waals surface area contributed by atoms with Gasteiger partial charge in [-0.05, 0) is 55.7 Å². The third kappa shape index (κ3) is 5.23. The number of carbonyl (C=O) groups is 1. The molecule has 1 fully saturated rings. The monoisotopic (exact) mass is 462 g/mol. The summed E-state index contributed by atoms with van der Waals surface area (Å²) < 4.78 is 44.0. The number of carbonyl (C=O) groups excluding carboxylic acids is 1. The number of aryl methyl sites for hydroxylation is 1. The minimum Gasteiger partial charge on any atom is -0.495 e. The minimum absolute atomic E-state index is 0.0824. The summed E-state index contributed by atoms with van der Waals surface area (Å²) in [6.45, 7) is 7.06. The van der Waals surface area contributed by atoms with Crippen LogP contribution in [0.1, 0.15) is 24.5 Å². The Labute approximate surface area is 189 Å². The highest BCUT2D eigenvalue weighted by Gasteiger charge is 2.28. The van der Waals surface area contributed by atoms with Crippen molar-refractivity contribution in [1.82, 2.24) is 4.31 Å². The molecule has 1 amide bonds. The van der Waals surface area contributed by atoms with Gasteiger partial charge in [0.1, 0.15) is 11.5 Å². The number of sulfonamides is 1. The van der Waals surface area contributed by atoms with E-state index in [4.69, 9.17) is 14.2 Å². The maximum atomic E-state index is 13.0. The van der Waals surface area contributed by atoms with Gasteiger partial charge in [0.05, 0.1) is 30.9 Å². The van der Waals surface area contributed by atoms with Crippen LogP contribution in [0.2, 0.25) is 0 Å². The Balaban J connectivity index is 1.83. The zero-order valence-corrected chi connectivity index (χ0v) is 19.7. The predicted molar refractivity (Wildman–Crippen MR) is 122 cm³/mol. The molecule has 1 saturated heterocycles. The molecule has 1 atom stereocenters.